The number of aromatic nitrogens is 2. The van der Waals surface area contributed by atoms with Crippen LogP contribution >= 0.6 is 0 Å². The van der Waals surface area contributed by atoms with Crippen LogP contribution in [0.2, 0.25) is 0 Å². The van der Waals surface area contributed by atoms with Crippen molar-refractivity contribution in [2.45, 2.75) is 25.7 Å². The monoisotopic (exact) mass is 374 g/mol. The van der Waals surface area contributed by atoms with Crippen LogP contribution in [0.1, 0.15) is 29.9 Å². The van der Waals surface area contributed by atoms with E-state index in [1.807, 2.05) is 55.6 Å². The van der Waals surface area contributed by atoms with Crippen LogP contribution in [0.25, 0.3) is 0 Å². The van der Waals surface area contributed by atoms with Gasteiger partial charge in [-0.3, -0.25) is 0 Å². The molecule has 1 aliphatic heterocycles. The summed E-state index contributed by atoms with van der Waals surface area (Å²) in [6.45, 7) is 4.26. The van der Waals surface area contributed by atoms with Crippen LogP contribution in [0.5, 0.6) is 11.6 Å². The number of benzene rings is 1. The molecular weight excluding hydrogens is 348 g/mol. The molecule has 28 heavy (non-hydrogen) atoms. The molecule has 1 fully saturated rings. The minimum atomic E-state index is 0.508. The first kappa shape index (κ1) is 18.4. The molecule has 4 rings (SSSR count). The smallest absolute Gasteiger partial charge is 0.222 e. The first-order valence-electron chi connectivity index (χ1n) is 9.78. The van der Waals surface area contributed by atoms with Crippen molar-refractivity contribution in [1.82, 2.24) is 14.9 Å². The van der Waals surface area contributed by atoms with E-state index in [1.165, 1.54) is 5.56 Å². The summed E-state index contributed by atoms with van der Waals surface area (Å²) in [5, 5.41) is 3.30. The number of hydrogen-bond acceptors (Lipinski definition) is 5. The lowest BCUT2D eigenvalue weighted by Gasteiger charge is -2.29. The number of aryl methyl sites for hydroxylation is 1. The lowest BCUT2D eigenvalue weighted by molar-refractivity contribution is 0.253. The molecule has 0 radical (unpaired) electrons. The molecule has 1 aliphatic rings. The zero-order valence-electron chi connectivity index (χ0n) is 16.4. The molecule has 2 aromatic heterocycles. The van der Waals surface area contributed by atoms with E-state index in [4.69, 9.17) is 4.74 Å². The van der Waals surface area contributed by atoms with E-state index in [1.54, 1.807) is 6.20 Å². The number of nitrogens with zero attached hydrogens (tertiary/aromatic N) is 3. The summed E-state index contributed by atoms with van der Waals surface area (Å²) in [6, 6.07) is 16.1. The molecule has 1 aromatic carbocycles. The van der Waals surface area contributed by atoms with E-state index in [-0.39, 0.29) is 0 Å². The largest absolute Gasteiger partial charge is 0.439 e. The Balaban J connectivity index is 1.45. The fraction of sp³-hybridized carbons (Fsp3) is 0.304. The van der Waals surface area contributed by atoms with Gasteiger partial charge in [0.05, 0.1) is 0 Å². The van der Waals surface area contributed by atoms with Crippen molar-refractivity contribution in [3.63, 3.8) is 0 Å². The van der Waals surface area contributed by atoms with Gasteiger partial charge in [0.2, 0.25) is 5.88 Å². The zero-order valence-corrected chi connectivity index (χ0v) is 16.4. The number of rotatable bonds is 5. The van der Waals surface area contributed by atoms with Gasteiger partial charge in [-0.2, -0.15) is 0 Å². The quantitative estimate of drug-likeness (QED) is 0.671. The van der Waals surface area contributed by atoms with Crippen molar-refractivity contribution in [2.24, 2.45) is 0 Å². The topological polar surface area (TPSA) is 50.3 Å². The minimum Gasteiger partial charge on any atom is -0.439 e. The Morgan fingerprint density at radius 3 is 2.50 bits per heavy atom. The van der Waals surface area contributed by atoms with Crippen molar-refractivity contribution in [3.8, 4) is 11.6 Å². The molecule has 0 saturated carbocycles. The maximum Gasteiger partial charge on any atom is 0.222 e. The summed E-state index contributed by atoms with van der Waals surface area (Å²) in [7, 11) is 2.18. The number of piperidine rings is 1. The van der Waals surface area contributed by atoms with Gasteiger partial charge in [-0.25, -0.2) is 9.97 Å². The van der Waals surface area contributed by atoms with Gasteiger partial charge in [0.25, 0.3) is 0 Å². The van der Waals surface area contributed by atoms with Crippen molar-refractivity contribution in [3.05, 3.63) is 72.1 Å². The third-order valence-electron chi connectivity index (χ3n) is 5.21. The van der Waals surface area contributed by atoms with Crippen LogP contribution in [0.15, 0.2) is 60.9 Å². The van der Waals surface area contributed by atoms with Gasteiger partial charge < -0.3 is 15.0 Å². The van der Waals surface area contributed by atoms with E-state index >= 15 is 0 Å². The van der Waals surface area contributed by atoms with Crippen LogP contribution in [-0.2, 0) is 0 Å². The Labute approximate surface area is 166 Å². The molecule has 5 heteroatoms. The third-order valence-corrected chi connectivity index (χ3v) is 5.21. The van der Waals surface area contributed by atoms with Crippen LogP contribution in [-0.4, -0.2) is 35.0 Å². The van der Waals surface area contributed by atoms with Gasteiger partial charge in [-0.1, -0.05) is 12.1 Å². The second-order valence-corrected chi connectivity index (χ2v) is 7.45. The first-order valence-corrected chi connectivity index (χ1v) is 9.78. The summed E-state index contributed by atoms with van der Waals surface area (Å²) in [5.41, 5.74) is 3.33. The Bertz CT molecular complexity index is 901. The fourth-order valence-electron chi connectivity index (χ4n) is 3.53. The van der Waals surface area contributed by atoms with Crippen LogP contribution < -0.4 is 10.1 Å². The summed E-state index contributed by atoms with van der Waals surface area (Å²) in [4.78, 5) is 11.3. The second-order valence-electron chi connectivity index (χ2n) is 7.45. The predicted molar refractivity (Wildman–Crippen MR) is 112 cm³/mol. The van der Waals surface area contributed by atoms with Crippen LogP contribution in [0.3, 0.4) is 0 Å². The number of ether oxygens (including phenoxy) is 1. The molecule has 144 valence electrons. The number of hydrogen-bond donors (Lipinski definition) is 1. The Hall–Kier alpha value is -2.92. The molecule has 0 aliphatic carbocycles. The summed E-state index contributed by atoms with van der Waals surface area (Å²) in [5.74, 6) is 2.84. The number of pyridine rings is 2. The van der Waals surface area contributed by atoms with Gasteiger partial charge in [0.1, 0.15) is 11.6 Å². The van der Waals surface area contributed by atoms with Gasteiger partial charge in [0, 0.05) is 23.6 Å². The maximum absolute atomic E-state index is 6.14. The average Bonchev–Trinajstić information content (AvgIpc) is 2.72. The molecule has 3 heterocycles. The van der Waals surface area contributed by atoms with E-state index in [0.29, 0.717) is 5.92 Å². The van der Waals surface area contributed by atoms with Crippen molar-refractivity contribution < 1.29 is 4.74 Å². The summed E-state index contributed by atoms with van der Waals surface area (Å²) < 4.78 is 6.14. The zero-order chi connectivity index (χ0) is 19.3. The Morgan fingerprint density at radius 2 is 1.79 bits per heavy atom. The highest BCUT2D eigenvalue weighted by molar-refractivity contribution is 5.57. The summed E-state index contributed by atoms with van der Waals surface area (Å²) >= 11 is 0. The first-order chi connectivity index (χ1) is 13.7. The molecule has 0 atom stereocenters. The SMILES string of the molecule is Cc1ccc(Nc2ccc(Oc3ncccc3C3CCN(C)CC3)cc2)nc1. The lowest BCUT2D eigenvalue weighted by Crippen LogP contribution is -2.29. The van der Waals surface area contributed by atoms with Gasteiger partial charge >= 0.3 is 0 Å². The highest BCUT2D eigenvalue weighted by atomic mass is 16.5. The van der Waals surface area contributed by atoms with Gasteiger partial charge in [-0.05, 0) is 87.8 Å². The molecule has 1 saturated heterocycles. The van der Waals surface area contributed by atoms with Crippen molar-refractivity contribution in [1.29, 1.82) is 0 Å². The Morgan fingerprint density at radius 1 is 1.00 bits per heavy atom. The number of likely N-dealkylation sites (tertiary alicyclic amines) is 1. The van der Waals surface area contributed by atoms with E-state index < -0.39 is 0 Å². The van der Waals surface area contributed by atoms with E-state index in [2.05, 4.69) is 33.3 Å². The second kappa shape index (κ2) is 8.40. The third kappa shape index (κ3) is 4.49. The minimum absolute atomic E-state index is 0.508. The standard InChI is InChI=1S/C23H26N4O/c1-17-5-10-22(25-16-17)26-19-6-8-20(9-7-19)28-23-21(4-3-13-24-23)18-11-14-27(2)15-12-18/h3-10,13,16,18H,11-12,14-15H2,1-2H3,(H,25,26). The molecule has 0 bridgehead atoms. The molecular formula is C23H26N4O. The highest BCUT2D eigenvalue weighted by Gasteiger charge is 2.22. The van der Waals surface area contributed by atoms with Crippen LogP contribution in [0.4, 0.5) is 11.5 Å². The molecule has 5 nitrogen and oxygen atoms in total. The highest BCUT2D eigenvalue weighted by Crippen LogP contribution is 2.34. The van der Waals surface area contributed by atoms with E-state index in [0.717, 1.165) is 54.6 Å². The number of anilines is 2. The lowest BCUT2D eigenvalue weighted by atomic mass is 9.90. The fourth-order valence-corrected chi connectivity index (χ4v) is 3.53. The van der Waals surface area contributed by atoms with Crippen molar-refractivity contribution >= 4 is 11.5 Å². The molecule has 0 unspecified atom stereocenters. The van der Waals surface area contributed by atoms with Gasteiger partial charge in [0.15, 0.2) is 0 Å². The van der Waals surface area contributed by atoms with E-state index in [9.17, 15) is 0 Å². The van der Waals surface area contributed by atoms with Gasteiger partial charge in [-0.15, -0.1) is 0 Å². The van der Waals surface area contributed by atoms with Crippen LogP contribution in [0, 0.1) is 6.92 Å². The molecule has 0 spiro atoms. The molecule has 1 N–H and O–H groups in total. The normalized spacial score (nSPS) is 15.4. The maximum atomic E-state index is 6.14. The summed E-state index contributed by atoms with van der Waals surface area (Å²) in [6.07, 6.45) is 5.94. The number of nitrogens with one attached hydrogen (secondary N) is 1. The average molecular weight is 374 g/mol. The molecule has 0 amide bonds. The molecule has 3 aromatic rings. The Kier molecular flexibility index (Phi) is 5.53. The van der Waals surface area contributed by atoms with Crippen molar-refractivity contribution in [2.75, 3.05) is 25.5 Å². The predicted octanol–water partition coefficient (Wildman–Crippen LogP) is 5.13.